The van der Waals surface area contributed by atoms with Gasteiger partial charge in [0.25, 0.3) is 0 Å². The fourth-order valence-electron chi connectivity index (χ4n) is 2.88. The van der Waals surface area contributed by atoms with Crippen LogP contribution in [0.1, 0.15) is 29.0 Å². The van der Waals surface area contributed by atoms with Gasteiger partial charge in [-0.15, -0.1) is 0 Å². The largest absolute Gasteiger partial charge is 0.481 e. The van der Waals surface area contributed by atoms with Gasteiger partial charge in [0.05, 0.1) is 6.42 Å². The van der Waals surface area contributed by atoms with Crippen LogP contribution in [0.15, 0.2) is 36.4 Å². The minimum atomic E-state index is -0.787. The maximum Gasteiger partial charge on any atom is 0.304 e. The first-order chi connectivity index (χ1) is 9.08. The summed E-state index contributed by atoms with van der Waals surface area (Å²) in [6.45, 7) is 2.02. The molecule has 1 atom stereocenters. The maximum absolute atomic E-state index is 11.1. The molecule has 0 radical (unpaired) electrons. The molecule has 1 aliphatic carbocycles. The van der Waals surface area contributed by atoms with E-state index in [1.807, 2.05) is 37.3 Å². The van der Waals surface area contributed by atoms with Crippen LogP contribution in [0, 0.1) is 6.92 Å². The molecule has 19 heavy (non-hydrogen) atoms. The van der Waals surface area contributed by atoms with E-state index in [4.69, 9.17) is 16.7 Å². The molecule has 1 N–H and O–H groups in total. The third kappa shape index (κ3) is 1.92. The van der Waals surface area contributed by atoms with Gasteiger partial charge < -0.3 is 5.11 Å². The van der Waals surface area contributed by atoms with Crippen LogP contribution in [0.25, 0.3) is 11.1 Å². The van der Waals surface area contributed by atoms with Crippen molar-refractivity contribution in [1.82, 2.24) is 0 Å². The van der Waals surface area contributed by atoms with E-state index in [0.717, 1.165) is 27.8 Å². The van der Waals surface area contributed by atoms with Crippen LogP contribution in [0.4, 0.5) is 0 Å². The van der Waals surface area contributed by atoms with Crippen LogP contribution >= 0.6 is 11.6 Å². The molecule has 0 aliphatic heterocycles. The van der Waals surface area contributed by atoms with Crippen LogP contribution < -0.4 is 0 Å². The van der Waals surface area contributed by atoms with E-state index < -0.39 is 5.97 Å². The van der Waals surface area contributed by atoms with Gasteiger partial charge in [0.15, 0.2) is 0 Å². The van der Waals surface area contributed by atoms with Crippen LogP contribution in [0.2, 0.25) is 5.02 Å². The Kier molecular flexibility index (Phi) is 2.83. The van der Waals surface area contributed by atoms with E-state index in [2.05, 4.69) is 6.07 Å². The molecule has 2 aromatic carbocycles. The number of hydrogen-bond donors (Lipinski definition) is 1. The van der Waals surface area contributed by atoms with E-state index in [-0.39, 0.29) is 12.3 Å². The Morgan fingerprint density at radius 1 is 1.26 bits per heavy atom. The lowest BCUT2D eigenvalue weighted by Crippen LogP contribution is -2.05. The summed E-state index contributed by atoms with van der Waals surface area (Å²) in [5, 5.41) is 9.82. The minimum Gasteiger partial charge on any atom is -0.481 e. The molecular weight excluding hydrogens is 260 g/mol. The Hall–Kier alpha value is -1.80. The van der Waals surface area contributed by atoms with Gasteiger partial charge in [-0.05, 0) is 29.7 Å². The number of carbonyl (C=O) groups is 1. The Balaban J connectivity index is 2.26. The Bertz CT molecular complexity index is 676. The van der Waals surface area contributed by atoms with Crippen molar-refractivity contribution in [2.24, 2.45) is 0 Å². The molecule has 0 aromatic heterocycles. The van der Waals surface area contributed by atoms with Crippen molar-refractivity contribution in [3.8, 4) is 11.1 Å². The van der Waals surface area contributed by atoms with E-state index >= 15 is 0 Å². The van der Waals surface area contributed by atoms with Gasteiger partial charge in [-0.1, -0.05) is 47.5 Å². The Morgan fingerprint density at radius 2 is 2.05 bits per heavy atom. The summed E-state index contributed by atoms with van der Waals surface area (Å²) in [7, 11) is 0. The smallest absolute Gasteiger partial charge is 0.304 e. The number of fused-ring (bicyclic) bond motifs is 3. The molecule has 2 aromatic rings. The van der Waals surface area contributed by atoms with Crippen LogP contribution in [-0.4, -0.2) is 11.1 Å². The highest BCUT2D eigenvalue weighted by Gasteiger charge is 2.31. The monoisotopic (exact) mass is 272 g/mol. The zero-order valence-corrected chi connectivity index (χ0v) is 11.2. The predicted molar refractivity (Wildman–Crippen MR) is 75.7 cm³/mol. The van der Waals surface area contributed by atoms with Gasteiger partial charge in [-0.2, -0.15) is 0 Å². The molecule has 96 valence electrons. The first-order valence-electron chi connectivity index (χ1n) is 6.19. The summed E-state index contributed by atoms with van der Waals surface area (Å²) in [6.07, 6.45) is 0.101. The van der Waals surface area contributed by atoms with Gasteiger partial charge in [0.2, 0.25) is 0 Å². The lowest BCUT2D eigenvalue weighted by Gasteiger charge is -2.11. The molecule has 0 bridgehead atoms. The summed E-state index contributed by atoms with van der Waals surface area (Å²) in [6, 6.07) is 11.9. The van der Waals surface area contributed by atoms with Gasteiger partial charge in [-0.25, -0.2) is 0 Å². The number of rotatable bonds is 2. The Labute approximate surface area is 116 Å². The lowest BCUT2D eigenvalue weighted by atomic mass is 9.93. The van der Waals surface area contributed by atoms with E-state index in [0.29, 0.717) is 5.02 Å². The van der Waals surface area contributed by atoms with E-state index in [9.17, 15) is 4.79 Å². The first-order valence-corrected chi connectivity index (χ1v) is 6.57. The molecule has 1 aliphatic rings. The fraction of sp³-hybridized carbons (Fsp3) is 0.188. The molecule has 1 unspecified atom stereocenters. The normalized spacial score (nSPS) is 16.0. The summed E-state index contributed by atoms with van der Waals surface area (Å²) >= 11 is 6.29. The average Bonchev–Trinajstić information content (AvgIpc) is 2.64. The van der Waals surface area contributed by atoms with Crippen molar-refractivity contribution >= 4 is 17.6 Å². The quantitative estimate of drug-likeness (QED) is 0.888. The first kappa shape index (κ1) is 12.2. The van der Waals surface area contributed by atoms with Crippen molar-refractivity contribution in [3.05, 3.63) is 58.1 Å². The number of aliphatic carboxylic acids is 1. The predicted octanol–water partition coefficient (Wildman–Crippen LogP) is 4.24. The van der Waals surface area contributed by atoms with Crippen molar-refractivity contribution in [3.63, 3.8) is 0 Å². The molecule has 0 saturated heterocycles. The van der Waals surface area contributed by atoms with Crippen LogP contribution in [-0.2, 0) is 4.79 Å². The van der Waals surface area contributed by atoms with Gasteiger partial charge >= 0.3 is 5.97 Å². The fourth-order valence-corrected chi connectivity index (χ4v) is 3.16. The summed E-state index contributed by atoms with van der Waals surface area (Å²) < 4.78 is 0. The second-order valence-electron chi connectivity index (χ2n) is 4.95. The highest BCUT2D eigenvalue weighted by molar-refractivity contribution is 6.33. The van der Waals surface area contributed by atoms with Crippen molar-refractivity contribution in [2.45, 2.75) is 19.3 Å². The number of hydrogen-bond acceptors (Lipinski definition) is 1. The number of aryl methyl sites for hydroxylation is 1. The minimum absolute atomic E-state index is 0.0962. The topological polar surface area (TPSA) is 37.3 Å². The lowest BCUT2D eigenvalue weighted by molar-refractivity contribution is -0.137. The highest BCUT2D eigenvalue weighted by Crippen LogP contribution is 2.49. The van der Waals surface area contributed by atoms with Crippen LogP contribution in [0.5, 0.6) is 0 Å². The number of benzene rings is 2. The van der Waals surface area contributed by atoms with E-state index in [1.54, 1.807) is 0 Å². The second kappa shape index (κ2) is 4.39. The molecule has 3 rings (SSSR count). The third-order valence-electron chi connectivity index (χ3n) is 3.65. The molecule has 3 heteroatoms. The van der Waals surface area contributed by atoms with Crippen molar-refractivity contribution < 1.29 is 9.90 Å². The molecule has 2 nitrogen and oxygen atoms in total. The standard InChI is InChI=1S/C16H13ClO2/c1-9-5-6-11-12(7-9)13(8-15(18)19)10-3-2-4-14(17)16(10)11/h2-7,13H,8H2,1H3,(H,18,19). The van der Waals surface area contributed by atoms with Crippen molar-refractivity contribution in [1.29, 1.82) is 0 Å². The summed E-state index contributed by atoms with van der Waals surface area (Å²) in [5.41, 5.74) is 5.29. The van der Waals surface area contributed by atoms with Crippen molar-refractivity contribution in [2.75, 3.05) is 0 Å². The molecule has 0 spiro atoms. The summed E-state index contributed by atoms with van der Waals surface area (Å²) in [4.78, 5) is 11.1. The van der Waals surface area contributed by atoms with Crippen LogP contribution in [0.3, 0.4) is 0 Å². The third-order valence-corrected chi connectivity index (χ3v) is 3.97. The molecule has 0 fully saturated rings. The maximum atomic E-state index is 11.1. The summed E-state index contributed by atoms with van der Waals surface area (Å²) in [5.74, 6) is -0.883. The van der Waals surface area contributed by atoms with Gasteiger partial charge in [0, 0.05) is 16.5 Å². The molecule has 0 heterocycles. The molecule has 0 amide bonds. The van der Waals surface area contributed by atoms with Gasteiger partial charge in [0.1, 0.15) is 0 Å². The zero-order chi connectivity index (χ0) is 13.6. The SMILES string of the molecule is Cc1ccc2c(c1)C(CC(=O)O)c1cccc(Cl)c1-2. The van der Waals surface area contributed by atoms with Gasteiger partial charge in [-0.3, -0.25) is 4.79 Å². The van der Waals surface area contributed by atoms with E-state index in [1.165, 1.54) is 0 Å². The number of halogens is 1. The average molecular weight is 273 g/mol. The molecule has 0 saturated carbocycles. The second-order valence-corrected chi connectivity index (χ2v) is 5.35. The zero-order valence-electron chi connectivity index (χ0n) is 10.5. The highest BCUT2D eigenvalue weighted by atomic mass is 35.5. The molecular formula is C16H13ClO2. The Morgan fingerprint density at radius 3 is 2.79 bits per heavy atom. The number of carboxylic acid groups (broad SMARTS) is 1. The number of carboxylic acids is 1.